The first-order chi connectivity index (χ1) is 15.4. The quantitative estimate of drug-likeness (QED) is 0.355. The van der Waals surface area contributed by atoms with Gasteiger partial charge in [-0.05, 0) is 80.1 Å². The molecule has 3 heteroatoms. The van der Waals surface area contributed by atoms with Crippen molar-refractivity contribution in [1.82, 2.24) is 9.72 Å². The van der Waals surface area contributed by atoms with Crippen LogP contribution in [0.2, 0.25) is 0 Å². The van der Waals surface area contributed by atoms with Crippen LogP contribution in [0.25, 0.3) is 27.8 Å². The molecule has 1 aliphatic rings. The molecule has 1 atom stereocenters. The van der Waals surface area contributed by atoms with E-state index in [2.05, 4.69) is 94.9 Å². The number of benzene rings is 2. The molecule has 3 nitrogen and oxygen atoms in total. The summed E-state index contributed by atoms with van der Waals surface area (Å²) >= 11 is 0. The van der Waals surface area contributed by atoms with Crippen LogP contribution in [0, 0.1) is 5.92 Å². The topological polar surface area (TPSA) is 25.7 Å². The van der Waals surface area contributed by atoms with Gasteiger partial charge in [-0.15, -0.1) is 0 Å². The minimum atomic E-state index is 0.793. The van der Waals surface area contributed by atoms with Crippen molar-refractivity contribution in [1.29, 1.82) is 0 Å². The lowest BCUT2D eigenvalue weighted by molar-refractivity contribution is 0.275. The Labute approximate surface area is 184 Å². The van der Waals surface area contributed by atoms with E-state index in [-0.39, 0.29) is 0 Å². The zero-order valence-electron chi connectivity index (χ0n) is 18.0. The summed E-state index contributed by atoms with van der Waals surface area (Å²) in [6, 6.07) is 25.6. The maximum absolute atomic E-state index is 6.04. The monoisotopic (exact) mass is 410 g/mol. The van der Waals surface area contributed by atoms with Gasteiger partial charge in [0.05, 0.1) is 12.1 Å². The standard InChI is InChI=1S/C28H30N2O/c1-2-10-24(11-3-1)28-26(21-30-18-5-4-12-27(28)30)23-13-15-25(16-14-23)31-19-7-9-22-8-6-17-29-20-22/h1-5,10-16,18,21-22,29H,6-9,17,19-20H2. The average molecular weight is 411 g/mol. The van der Waals surface area contributed by atoms with Crippen LogP contribution in [0.4, 0.5) is 0 Å². The summed E-state index contributed by atoms with van der Waals surface area (Å²) in [4.78, 5) is 0. The minimum Gasteiger partial charge on any atom is -0.494 e. The largest absolute Gasteiger partial charge is 0.494 e. The SMILES string of the molecule is c1ccc(-c2c(-c3ccc(OCCCC4CCCNC4)cc3)cn3ccccc23)cc1. The van der Waals surface area contributed by atoms with Gasteiger partial charge in [-0.2, -0.15) is 0 Å². The molecule has 1 N–H and O–H groups in total. The maximum Gasteiger partial charge on any atom is 0.119 e. The highest BCUT2D eigenvalue weighted by Gasteiger charge is 2.14. The van der Waals surface area contributed by atoms with Crippen LogP contribution in [0.15, 0.2) is 85.2 Å². The molecule has 1 fully saturated rings. The Balaban J connectivity index is 1.32. The normalized spacial score (nSPS) is 16.5. The molecule has 2 aromatic heterocycles. The summed E-state index contributed by atoms with van der Waals surface area (Å²) in [6.07, 6.45) is 9.39. The molecule has 1 unspecified atom stereocenters. The van der Waals surface area contributed by atoms with Crippen LogP contribution in [-0.2, 0) is 0 Å². The Morgan fingerprint density at radius 1 is 0.903 bits per heavy atom. The van der Waals surface area contributed by atoms with Gasteiger partial charge in [-0.25, -0.2) is 0 Å². The van der Waals surface area contributed by atoms with Crippen LogP contribution >= 0.6 is 0 Å². The van der Waals surface area contributed by atoms with E-state index in [4.69, 9.17) is 4.74 Å². The van der Waals surface area contributed by atoms with E-state index in [0.29, 0.717) is 0 Å². The van der Waals surface area contributed by atoms with Gasteiger partial charge in [0, 0.05) is 23.5 Å². The summed E-state index contributed by atoms with van der Waals surface area (Å²) < 4.78 is 8.25. The molecule has 2 aromatic carbocycles. The second kappa shape index (κ2) is 9.40. The Bertz CT molecular complexity index is 1110. The van der Waals surface area contributed by atoms with Crippen LogP contribution in [0.5, 0.6) is 5.75 Å². The number of fused-ring (bicyclic) bond motifs is 1. The van der Waals surface area contributed by atoms with Crippen molar-refractivity contribution in [3.8, 4) is 28.0 Å². The summed E-state index contributed by atoms with van der Waals surface area (Å²) in [5.74, 6) is 1.77. The molecule has 158 valence electrons. The summed E-state index contributed by atoms with van der Waals surface area (Å²) in [7, 11) is 0. The molecule has 1 saturated heterocycles. The molecule has 0 bridgehead atoms. The van der Waals surface area contributed by atoms with E-state index >= 15 is 0 Å². The van der Waals surface area contributed by atoms with Gasteiger partial charge >= 0.3 is 0 Å². The van der Waals surface area contributed by atoms with Gasteiger partial charge < -0.3 is 14.5 Å². The first kappa shape index (κ1) is 19.9. The molecule has 4 aromatic rings. The predicted molar refractivity (Wildman–Crippen MR) is 129 cm³/mol. The smallest absolute Gasteiger partial charge is 0.119 e. The first-order valence-corrected chi connectivity index (χ1v) is 11.5. The number of hydrogen-bond acceptors (Lipinski definition) is 2. The molecule has 0 aliphatic carbocycles. The Kier molecular flexibility index (Phi) is 6.03. The van der Waals surface area contributed by atoms with Crippen LogP contribution in [0.1, 0.15) is 25.7 Å². The molecular weight excluding hydrogens is 380 g/mol. The van der Waals surface area contributed by atoms with Crippen molar-refractivity contribution in [2.24, 2.45) is 5.92 Å². The first-order valence-electron chi connectivity index (χ1n) is 11.5. The van der Waals surface area contributed by atoms with Gasteiger partial charge in [0.15, 0.2) is 0 Å². The second-order valence-corrected chi connectivity index (χ2v) is 8.50. The lowest BCUT2D eigenvalue weighted by atomic mass is 9.95. The number of rotatable bonds is 7. The van der Waals surface area contributed by atoms with Crippen molar-refractivity contribution in [2.45, 2.75) is 25.7 Å². The molecule has 0 spiro atoms. The molecule has 31 heavy (non-hydrogen) atoms. The molecule has 0 saturated carbocycles. The van der Waals surface area contributed by atoms with Gasteiger partial charge in [0.25, 0.3) is 0 Å². The fourth-order valence-electron chi connectivity index (χ4n) is 4.71. The lowest BCUT2D eigenvalue weighted by Gasteiger charge is -2.22. The van der Waals surface area contributed by atoms with Gasteiger partial charge in [-0.3, -0.25) is 0 Å². The Morgan fingerprint density at radius 2 is 1.74 bits per heavy atom. The lowest BCUT2D eigenvalue weighted by Crippen LogP contribution is -2.29. The molecule has 1 aliphatic heterocycles. The van der Waals surface area contributed by atoms with E-state index in [9.17, 15) is 0 Å². The summed E-state index contributed by atoms with van der Waals surface area (Å²) in [6.45, 7) is 3.15. The zero-order valence-corrected chi connectivity index (χ0v) is 18.0. The third-order valence-corrected chi connectivity index (χ3v) is 6.34. The summed E-state index contributed by atoms with van der Waals surface area (Å²) in [5, 5.41) is 3.50. The molecule has 0 radical (unpaired) electrons. The average Bonchev–Trinajstić information content (AvgIpc) is 3.23. The molecule has 3 heterocycles. The Morgan fingerprint density at radius 3 is 2.55 bits per heavy atom. The zero-order chi connectivity index (χ0) is 20.9. The number of hydrogen-bond donors (Lipinski definition) is 1. The fourth-order valence-corrected chi connectivity index (χ4v) is 4.71. The van der Waals surface area contributed by atoms with E-state index in [0.717, 1.165) is 24.7 Å². The number of nitrogens with one attached hydrogen (secondary N) is 1. The number of nitrogens with zero attached hydrogens (tertiary/aromatic N) is 1. The third kappa shape index (κ3) is 4.52. The van der Waals surface area contributed by atoms with Crippen molar-refractivity contribution in [3.63, 3.8) is 0 Å². The van der Waals surface area contributed by atoms with Crippen molar-refractivity contribution in [3.05, 3.63) is 85.2 Å². The molecule has 0 amide bonds. The third-order valence-electron chi connectivity index (χ3n) is 6.34. The van der Waals surface area contributed by atoms with Crippen molar-refractivity contribution < 1.29 is 4.74 Å². The van der Waals surface area contributed by atoms with E-state index in [1.54, 1.807) is 0 Å². The van der Waals surface area contributed by atoms with Crippen molar-refractivity contribution in [2.75, 3.05) is 19.7 Å². The second-order valence-electron chi connectivity index (χ2n) is 8.50. The van der Waals surface area contributed by atoms with E-state index in [1.165, 1.54) is 60.1 Å². The molecular formula is C28H30N2O. The number of pyridine rings is 1. The minimum absolute atomic E-state index is 0.793. The number of ether oxygens (including phenoxy) is 1. The van der Waals surface area contributed by atoms with Crippen LogP contribution in [0.3, 0.4) is 0 Å². The van der Waals surface area contributed by atoms with Gasteiger partial charge in [0.1, 0.15) is 5.75 Å². The van der Waals surface area contributed by atoms with E-state index < -0.39 is 0 Å². The fraction of sp³-hybridized carbons (Fsp3) is 0.286. The highest BCUT2D eigenvalue weighted by atomic mass is 16.5. The summed E-state index contributed by atoms with van der Waals surface area (Å²) in [5.41, 5.74) is 6.19. The Hall–Kier alpha value is -3.04. The van der Waals surface area contributed by atoms with E-state index in [1.807, 2.05) is 0 Å². The van der Waals surface area contributed by atoms with Crippen molar-refractivity contribution >= 4 is 5.52 Å². The highest BCUT2D eigenvalue weighted by molar-refractivity contribution is 5.94. The van der Waals surface area contributed by atoms with Crippen LogP contribution in [-0.4, -0.2) is 24.1 Å². The van der Waals surface area contributed by atoms with Gasteiger partial charge in [0.2, 0.25) is 0 Å². The number of aromatic nitrogens is 1. The number of piperidine rings is 1. The highest BCUT2D eigenvalue weighted by Crippen LogP contribution is 2.37. The predicted octanol–water partition coefficient (Wildman–Crippen LogP) is 6.43. The molecule has 5 rings (SSSR count). The maximum atomic E-state index is 6.04. The van der Waals surface area contributed by atoms with Gasteiger partial charge in [-0.1, -0.05) is 48.5 Å². The van der Waals surface area contributed by atoms with Crippen LogP contribution < -0.4 is 10.1 Å².